The van der Waals surface area contributed by atoms with Gasteiger partial charge in [-0.05, 0) is 23.3 Å². The van der Waals surface area contributed by atoms with Gasteiger partial charge in [0.15, 0.2) is 5.82 Å². The number of aromatic amines is 1. The van der Waals surface area contributed by atoms with Crippen LogP contribution in [-0.2, 0) is 22.7 Å². The van der Waals surface area contributed by atoms with Crippen LogP contribution < -0.4 is 11.1 Å². The Morgan fingerprint density at radius 3 is 1.91 bits per heavy atom. The first-order valence-corrected chi connectivity index (χ1v) is 13.1. The molecular weight excluding hydrogens is 638 g/mol. The predicted octanol–water partition coefficient (Wildman–Crippen LogP) is 5.34. The van der Waals surface area contributed by atoms with E-state index in [1.165, 1.54) is 0 Å². The zero-order valence-electron chi connectivity index (χ0n) is 23.8. The fourth-order valence-electron chi connectivity index (χ4n) is 3.79. The van der Waals surface area contributed by atoms with Gasteiger partial charge in [0.2, 0.25) is 0 Å². The molecule has 0 atom stereocenters. The molecule has 3 heterocycles. The van der Waals surface area contributed by atoms with Gasteiger partial charge in [-0.2, -0.15) is 26.3 Å². The Morgan fingerprint density at radius 2 is 1.40 bits per heavy atom. The van der Waals surface area contributed by atoms with Crippen LogP contribution in [0.15, 0.2) is 85.3 Å². The molecule has 2 aromatic carbocycles. The van der Waals surface area contributed by atoms with Crippen LogP contribution in [0.1, 0.15) is 21.9 Å². The molecule has 1 amide bonds. The van der Waals surface area contributed by atoms with Gasteiger partial charge in [-0.25, -0.2) is 19.6 Å². The number of pyridine rings is 2. The molecule has 0 unspecified atom stereocenters. The van der Waals surface area contributed by atoms with E-state index in [-0.39, 0.29) is 18.3 Å². The summed E-state index contributed by atoms with van der Waals surface area (Å²) < 4.78 is 63.5. The number of hydrogen-bond acceptors (Lipinski definition) is 7. The summed E-state index contributed by atoms with van der Waals surface area (Å²) >= 11 is 0. The monoisotopic (exact) mass is 662 g/mol. The van der Waals surface area contributed by atoms with E-state index in [1.54, 1.807) is 18.6 Å². The second-order valence-corrected chi connectivity index (χ2v) is 9.20. The Bertz CT molecular complexity index is 1790. The molecule has 0 aliphatic carbocycles. The van der Waals surface area contributed by atoms with Gasteiger partial charge in [0, 0.05) is 41.6 Å². The van der Waals surface area contributed by atoms with Crippen LogP contribution in [0.25, 0.3) is 33.3 Å². The zero-order chi connectivity index (χ0) is 34.8. The van der Waals surface area contributed by atoms with Gasteiger partial charge in [0.25, 0.3) is 5.91 Å². The molecule has 0 saturated carbocycles. The number of carbonyl (C=O) groups excluding carboxylic acids is 1. The van der Waals surface area contributed by atoms with E-state index in [2.05, 4.69) is 50.6 Å². The number of nitrogens with one attached hydrogen (secondary N) is 2. The average molecular weight is 663 g/mol. The lowest BCUT2D eigenvalue weighted by molar-refractivity contribution is -0.193. The van der Waals surface area contributed by atoms with Crippen LogP contribution in [0, 0.1) is 0 Å². The fraction of sp³-hybridized carbons (Fsp3) is 0.133. The highest BCUT2D eigenvalue weighted by atomic mass is 19.4. The van der Waals surface area contributed by atoms with Gasteiger partial charge >= 0.3 is 24.3 Å². The van der Waals surface area contributed by atoms with Crippen molar-refractivity contribution in [1.29, 1.82) is 0 Å². The first-order valence-electron chi connectivity index (χ1n) is 13.1. The quantitative estimate of drug-likeness (QED) is 0.150. The molecule has 0 bridgehead atoms. The SMILES string of the molecule is NCc1ccc(-c2nc3ccnc(CNC(=O)c4ncc[nH]4)c3cc2-c2ccccc2)cc1.O=C(O)C(F)(F)F.O=C(O)C(F)(F)F. The van der Waals surface area contributed by atoms with E-state index in [4.69, 9.17) is 30.5 Å². The molecule has 17 heteroatoms. The number of aromatic nitrogens is 4. The molecule has 11 nitrogen and oxygen atoms in total. The summed E-state index contributed by atoms with van der Waals surface area (Å²) in [6.07, 6.45) is -5.29. The molecule has 0 saturated heterocycles. The van der Waals surface area contributed by atoms with E-state index >= 15 is 0 Å². The molecule has 3 aromatic heterocycles. The minimum absolute atomic E-state index is 0.261. The lowest BCUT2D eigenvalue weighted by Gasteiger charge is -2.14. The molecule has 5 aromatic rings. The number of benzene rings is 2. The van der Waals surface area contributed by atoms with E-state index in [0.717, 1.165) is 44.5 Å². The number of H-pyrrole nitrogens is 1. The van der Waals surface area contributed by atoms with E-state index in [0.29, 0.717) is 6.54 Å². The number of carbonyl (C=O) groups is 3. The molecule has 5 rings (SSSR count). The number of rotatable bonds is 6. The standard InChI is InChI=1S/C26H22N6O.2C2HF3O2/c27-15-17-6-8-19(9-7-17)24-20(18-4-2-1-3-5-18)14-21-22(32-24)10-11-28-23(21)16-31-26(33)25-29-12-13-30-25;2*3-2(4,5)1(6)7/h1-14H,15-16,27H2,(H,29,30)(H,31,33);2*(H,6,7). The number of nitrogens with two attached hydrogens (primary N) is 1. The number of hydrogen-bond donors (Lipinski definition) is 5. The van der Waals surface area contributed by atoms with Crippen molar-refractivity contribution in [3.63, 3.8) is 0 Å². The summed E-state index contributed by atoms with van der Waals surface area (Å²) in [6, 6.07) is 22.3. The van der Waals surface area contributed by atoms with Crippen molar-refractivity contribution < 1.29 is 50.9 Å². The number of alkyl halides is 6. The van der Waals surface area contributed by atoms with Crippen molar-refractivity contribution >= 4 is 28.7 Å². The summed E-state index contributed by atoms with van der Waals surface area (Å²) in [4.78, 5) is 46.5. The van der Waals surface area contributed by atoms with Crippen LogP contribution in [0.3, 0.4) is 0 Å². The number of carboxylic acid groups (broad SMARTS) is 2. The van der Waals surface area contributed by atoms with Crippen LogP contribution in [0.5, 0.6) is 0 Å². The lowest BCUT2D eigenvalue weighted by atomic mass is 9.96. The van der Waals surface area contributed by atoms with Crippen LogP contribution in [0.4, 0.5) is 26.3 Å². The van der Waals surface area contributed by atoms with Gasteiger partial charge in [-0.15, -0.1) is 0 Å². The van der Waals surface area contributed by atoms with E-state index in [1.807, 2.05) is 36.4 Å². The smallest absolute Gasteiger partial charge is 0.475 e. The van der Waals surface area contributed by atoms with Gasteiger partial charge in [0.1, 0.15) is 0 Å². The Labute approximate surface area is 261 Å². The highest BCUT2D eigenvalue weighted by molar-refractivity contribution is 5.93. The second kappa shape index (κ2) is 15.4. The number of aliphatic carboxylic acids is 2. The number of fused-ring (bicyclic) bond motifs is 1. The fourth-order valence-corrected chi connectivity index (χ4v) is 3.79. The van der Waals surface area contributed by atoms with Gasteiger partial charge in [-0.1, -0.05) is 54.6 Å². The number of amides is 1. The molecule has 0 aliphatic rings. The Balaban J connectivity index is 0.000000360. The van der Waals surface area contributed by atoms with Crippen LogP contribution >= 0.6 is 0 Å². The topological polar surface area (TPSA) is 184 Å². The third-order valence-electron chi connectivity index (χ3n) is 5.99. The summed E-state index contributed by atoms with van der Waals surface area (Å²) in [6.45, 7) is 0.757. The van der Waals surface area contributed by atoms with Gasteiger partial charge in [0.05, 0.1) is 23.4 Å². The van der Waals surface area contributed by atoms with Crippen LogP contribution in [-0.4, -0.2) is 60.3 Å². The number of imidazole rings is 1. The largest absolute Gasteiger partial charge is 0.490 e. The molecule has 0 radical (unpaired) electrons. The molecular formula is C30H24F6N6O5. The Morgan fingerprint density at radius 1 is 0.809 bits per heavy atom. The molecule has 0 spiro atoms. The number of carboxylic acids is 2. The Hall–Kier alpha value is -5.84. The molecule has 0 fully saturated rings. The first kappa shape index (κ1) is 35.6. The lowest BCUT2D eigenvalue weighted by Crippen LogP contribution is -2.24. The molecule has 47 heavy (non-hydrogen) atoms. The van der Waals surface area contributed by atoms with Crippen molar-refractivity contribution in [2.45, 2.75) is 25.4 Å². The van der Waals surface area contributed by atoms with Gasteiger partial charge < -0.3 is 26.2 Å². The summed E-state index contributed by atoms with van der Waals surface area (Å²) in [5.41, 5.74) is 12.3. The third-order valence-corrected chi connectivity index (χ3v) is 5.99. The van der Waals surface area contributed by atoms with Crippen molar-refractivity contribution in [3.8, 4) is 22.4 Å². The molecule has 0 aliphatic heterocycles. The maximum Gasteiger partial charge on any atom is 0.490 e. The van der Waals surface area contributed by atoms with Crippen molar-refractivity contribution in [1.82, 2.24) is 25.3 Å². The number of halogens is 6. The second-order valence-electron chi connectivity index (χ2n) is 9.20. The van der Waals surface area contributed by atoms with Crippen LogP contribution in [0.2, 0.25) is 0 Å². The third kappa shape index (κ3) is 10.1. The summed E-state index contributed by atoms with van der Waals surface area (Å²) in [7, 11) is 0. The van der Waals surface area contributed by atoms with Gasteiger partial charge in [-0.3, -0.25) is 9.78 Å². The minimum atomic E-state index is -5.08. The molecule has 246 valence electrons. The first-order chi connectivity index (χ1) is 22.1. The van der Waals surface area contributed by atoms with E-state index in [9.17, 15) is 31.1 Å². The van der Waals surface area contributed by atoms with Crippen molar-refractivity contribution in [3.05, 3.63) is 102 Å². The van der Waals surface area contributed by atoms with Crippen molar-refractivity contribution in [2.75, 3.05) is 0 Å². The minimum Gasteiger partial charge on any atom is -0.475 e. The normalized spacial score (nSPS) is 11.0. The highest BCUT2D eigenvalue weighted by Gasteiger charge is 2.38. The highest BCUT2D eigenvalue weighted by Crippen LogP contribution is 2.34. The molecule has 6 N–H and O–H groups in total. The number of nitrogens with zero attached hydrogens (tertiary/aromatic N) is 3. The predicted molar refractivity (Wildman–Crippen MR) is 155 cm³/mol. The summed E-state index contributed by atoms with van der Waals surface area (Å²) in [5, 5.41) is 18.0. The van der Waals surface area contributed by atoms with Crippen molar-refractivity contribution in [2.24, 2.45) is 5.73 Å². The average Bonchev–Trinajstić information content (AvgIpc) is 3.59. The summed E-state index contributed by atoms with van der Waals surface area (Å²) in [5.74, 6) is -5.53. The maximum absolute atomic E-state index is 12.3. The maximum atomic E-state index is 12.3. The van der Waals surface area contributed by atoms with E-state index < -0.39 is 24.3 Å². The zero-order valence-corrected chi connectivity index (χ0v) is 23.8. The Kier molecular flexibility index (Phi) is 11.7.